The molecule has 0 aliphatic carbocycles. The first-order valence-electron chi connectivity index (χ1n) is 8.07. The van der Waals surface area contributed by atoms with Gasteiger partial charge in [-0.15, -0.1) is 0 Å². The maximum absolute atomic E-state index is 12.8. The molecule has 1 amide bonds. The summed E-state index contributed by atoms with van der Waals surface area (Å²) in [5.41, 5.74) is -1.58. The van der Waals surface area contributed by atoms with Gasteiger partial charge < -0.3 is 14.2 Å². The third-order valence-corrected chi connectivity index (χ3v) is 4.22. The summed E-state index contributed by atoms with van der Waals surface area (Å²) in [7, 11) is 0. The van der Waals surface area contributed by atoms with Gasteiger partial charge in [-0.05, 0) is 17.7 Å². The summed E-state index contributed by atoms with van der Waals surface area (Å²) >= 11 is 0. The highest BCUT2D eigenvalue weighted by Gasteiger charge is 2.34. The van der Waals surface area contributed by atoms with Crippen molar-refractivity contribution >= 4 is 5.91 Å². The van der Waals surface area contributed by atoms with Crippen LogP contribution in [0.1, 0.15) is 17.2 Å². The first-order chi connectivity index (χ1) is 12.4. The number of rotatable bonds is 3. The van der Waals surface area contributed by atoms with Crippen molar-refractivity contribution in [1.82, 2.24) is 9.47 Å². The maximum atomic E-state index is 12.8. The number of morpholine rings is 1. The maximum Gasteiger partial charge on any atom is 0.421 e. The van der Waals surface area contributed by atoms with Gasteiger partial charge in [-0.25, -0.2) is 0 Å². The van der Waals surface area contributed by atoms with E-state index in [1.807, 2.05) is 30.3 Å². The molecule has 0 spiro atoms. The summed E-state index contributed by atoms with van der Waals surface area (Å²) in [6.45, 7) is 0.499. The lowest BCUT2D eigenvalue weighted by molar-refractivity contribution is -0.141. The highest BCUT2D eigenvalue weighted by Crippen LogP contribution is 2.26. The molecule has 1 aromatic carbocycles. The molecule has 1 aliphatic heterocycles. The Morgan fingerprint density at radius 3 is 2.58 bits per heavy atom. The Labute approximate surface area is 147 Å². The number of hydrogen-bond acceptors (Lipinski definition) is 3. The lowest BCUT2D eigenvalue weighted by Gasteiger charge is -2.33. The topological polar surface area (TPSA) is 51.5 Å². The Hall–Kier alpha value is -2.61. The molecular formula is C18H17F3N2O3. The van der Waals surface area contributed by atoms with Crippen LogP contribution in [0.25, 0.3) is 0 Å². The average Bonchev–Trinajstić information content (AvgIpc) is 2.63. The molecule has 0 bridgehead atoms. The van der Waals surface area contributed by atoms with E-state index in [2.05, 4.69) is 0 Å². The fraction of sp³-hybridized carbons (Fsp3) is 0.333. The fourth-order valence-corrected chi connectivity index (χ4v) is 2.87. The van der Waals surface area contributed by atoms with E-state index in [1.54, 1.807) is 0 Å². The Morgan fingerprint density at radius 2 is 1.88 bits per heavy atom. The van der Waals surface area contributed by atoms with Crippen molar-refractivity contribution in [2.45, 2.75) is 18.8 Å². The summed E-state index contributed by atoms with van der Waals surface area (Å²) in [4.78, 5) is 26.0. The van der Waals surface area contributed by atoms with E-state index in [0.717, 1.165) is 16.2 Å². The van der Waals surface area contributed by atoms with Crippen LogP contribution in [0.3, 0.4) is 0 Å². The van der Waals surface area contributed by atoms with E-state index in [-0.39, 0.29) is 12.6 Å². The molecule has 5 nitrogen and oxygen atoms in total. The molecule has 0 unspecified atom stereocenters. The van der Waals surface area contributed by atoms with Crippen molar-refractivity contribution in [1.29, 1.82) is 0 Å². The number of pyridine rings is 1. The number of benzene rings is 1. The summed E-state index contributed by atoms with van der Waals surface area (Å²) in [5, 5.41) is 0. The van der Waals surface area contributed by atoms with Crippen molar-refractivity contribution in [3.8, 4) is 0 Å². The molecule has 2 heterocycles. The molecule has 8 heteroatoms. The van der Waals surface area contributed by atoms with Gasteiger partial charge in [0.1, 0.15) is 18.2 Å². The van der Waals surface area contributed by atoms with E-state index in [1.165, 1.54) is 11.1 Å². The van der Waals surface area contributed by atoms with Crippen molar-refractivity contribution in [3.63, 3.8) is 0 Å². The van der Waals surface area contributed by atoms with Gasteiger partial charge in [0.2, 0.25) is 5.91 Å². The summed E-state index contributed by atoms with van der Waals surface area (Å²) < 4.78 is 45.0. The van der Waals surface area contributed by atoms with Gasteiger partial charge in [0.25, 0.3) is 5.56 Å². The zero-order valence-electron chi connectivity index (χ0n) is 13.8. The van der Waals surface area contributed by atoms with Crippen molar-refractivity contribution in [2.24, 2.45) is 0 Å². The molecule has 26 heavy (non-hydrogen) atoms. The zero-order chi connectivity index (χ0) is 18.7. The second kappa shape index (κ2) is 7.33. The Morgan fingerprint density at radius 1 is 1.15 bits per heavy atom. The molecule has 3 rings (SSSR count). The molecule has 1 aliphatic rings. The SMILES string of the molecule is O=C(Cn1cccc(C(F)(F)F)c1=O)N1CCO[C@@H](c2ccccc2)C1. The minimum Gasteiger partial charge on any atom is -0.370 e. The number of ether oxygens (including phenoxy) is 1. The van der Waals surface area contributed by atoms with Crippen molar-refractivity contribution in [3.05, 3.63) is 70.1 Å². The number of aromatic nitrogens is 1. The van der Waals surface area contributed by atoms with Crippen LogP contribution >= 0.6 is 0 Å². The standard InChI is InChI=1S/C18H17F3N2O3/c19-18(20,21)14-7-4-8-23(17(14)25)12-16(24)22-9-10-26-15(11-22)13-5-2-1-3-6-13/h1-8,15H,9-12H2/t15-/m1/s1. The summed E-state index contributed by atoms with van der Waals surface area (Å²) in [5.74, 6) is -0.421. The third-order valence-electron chi connectivity index (χ3n) is 4.22. The Bertz CT molecular complexity index is 834. The average molecular weight is 366 g/mol. The molecule has 138 valence electrons. The number of nitrogens with zero attached hydrogens (tertiary/aromatic N) is 2. The van der Waals surface area contributed by atoms with E-state index < -0.39 is 29.8 Å². The van der Waals surface area contributed by atoms with Crippen LogP contribution in [-0.2, 0) is 22.3 Å². The van der Waals surface area contributed by atoms with Gasteiger partial charge in [0.05, 0.1) is 13.2 Å². The number of alkyl halides is 3. The van der Waals surface area contributed by atoms with Crippen molar-refractivity contribution < 1.29 is 22.7 Å². The predicted molar refractivity (Wildman–Crippen MR) is 87.4 cm³/mol. The minimum atomic E-state index is -4.75. The second-order valence-corrected chi connectivity index (χ2v) is 5.96. The number of carbonyl (C=O) groups is 1. The van der Waals surface area contributed by atoms with E-state index in [0.29, 0.717) is 19.2 Å². The van der Waals surface area contributed by atoms with Crippen LogP contribution in [0.2, 0.25) is 0 Å². The van der Waals surface area contributed by atoms with Gasteiger partial charge in [-0.1, -0.05) is 30.3 Å². The van der Waals surface area contributed by atoms with E-state index in [4.69, 9.17) is 4.74 Å². The first-order valence-corrected chi connectivity index (χ1v) is 8.07. The lowest BCUT2D eigenvalue weighted by atomic mass is 10.1. The fourth-order valence-electron chi connectivity index (χ4n) is 2.87. The number of halogens is 3. The molecule has 1 saturated heterocycles. The number of amides is 1. The van der Waals surface area contributed by atoms with E-state index >= 15 is 0 Å². The van der Waals surface area contributed by atoms with Crippen LogP contribution in [0.15, 0.2) is 53.5 Å². The van der Waals surface area contributed by atoms with Gasteiger partial charge in [-0.2, -0.15) is 13.2 Å². The molecule has 1 atom stereocenters. The van der Waals surface area contributed by atoms with Crippen LogP contribution in [0.4, 0.5) is 13.2 Å². The molecule has 1 fully saturated rings. The third kappa shape index (κ3) is 3.96. The molecule has 0 saturated carbocycles. The zero-order valence-corrected chi connectivity index (χ0v) is 13.8. The second-order valence-electron chi connectivity index (χ2n) is 5.96. The number of hydrogen-bond donors (Lipinski definition) is 0. The van der Waals surface area contributed by atoms with Gasteiger partial charge >= 0.3 is 6.18 Å². The Balaban J connectivity index is 1.73. The van der Waals surface area contributed by atoms with E-state index in [9.17, 15) is 22.8 Å². The predicted octanol–water partition coefficient (Wildman–Crippen LogP) is 2.47. The molecule has 2 aromatic rings. The van der Waals surface area contributed by atoms with Gasteiger partial charge in [0, 0.05) is 12.7 Å². The molecular weight excluding hydrogens is 349 g/mol. The van der Waals surface area contributed by atoms with Crippen LogP contribution < -0.4 is 5.56 Å². The smallest absolute Gasteiger partial charge is 0.370 e. The minimum absolute atomic E-state index is 0.288. The molecule has 0 N–H and O–H groups in total. The summed E-state index contributed by atoms with van der Waals surface area (Å²) in [6, 6.07) is 11.2. The van der Waals surface area contributed by atoms with Gasteiger partial charge in [0.15, 0.2) is 0 Å². The first kappa shape index (κ1) is 18.2. The molecule has 1 aromatic heterocycles. The highest BCUT2D eigenvalue weighted by molar-refractivity contribution is 5.76. The van der Waals surface area contributed by atoms with Crippen LogP contribution in [0, 0.1) is 0 Å². The Kier molecular flexibility index (Phi) is 5.13. The quantitative estimate of drug-likeness (QED) is 0.839. The van der Waals surface area contributed by atoms with Crippen molar-refractivity contribution in [2.75, 3.05) is 19.7 Å². The normalized spacial score (nSPS) is 18.0. The molecule has 0 radical (unpaired) electrons. The lowest BCUT2D eigenvalue weighted by Crippen LogP contribution is -2.44. The largest absolute Gasteiger partial charge is 0.421 e. The van der Waals surface area contributed by atoms with Gasteiger partial charge in [-0.3, -0.25) is 9.59 Å². The summed E-state index contributed by atoms with van der Waals surface area (Å²) in [6.07, 6.45) is -3.86. The van der Waals surface area contributed by atoms with Crippen LogP contribution in [-0.4, -0.2) is 35.1 Å². The van der Waals surface area contributed by atoms with Crippen LogP contribution in [0.5, 0.6) is 0 Å². The monoisotopic (exact) mass is 366 g/mol. The number of carbonyl (C=O) groups excluding carboxylic acids is 1. The highest BCUT2D eigenvalue weighted by atomic mass is 19.4.